The highest BCUT2D eigenvalue weighted by Gasteiger charge is 2.15. The van der Waals surface area contributed by atoms with E-state index in [2.05, 4.69) is 4.90 Å². The zero-order valence-corrected chi connectivity index (χ0v) is 11.1. The fraction of sp³-hybridized carbons (Fsp3) is 0.250. The van der Waals surface area contributed by atoms with E-state index in [0.29, 0.717) is 13.2 Å². The first-order valence-corrected chi connectivity index (χ1v) is 6.62. The van der Waals surface area contributed by atoms with Crippen LogP contribution in [0.1, 0.15) is 11.1 Å². The number of halogens is 1. The van der Waals surface area contributed by atoms with Gasteiger partial charge >= 0.3 is 0 Å². The van der Waals surface area contributed by atoms with Gasteiger partial charge in [-0.15, -0.1) is 0 Å². The summed E-state index contributed by atoms with van der Waals surface area (Å²) >= 11 is 0. The molecule has 1 aliphatic rings. The molecule has 0 radical (unpaired) electrons. The summed E-state index contributed by atoms with van der Waals surface area (Å²) in [5, 5.41) is 9.45. The number of hydrogen-bond donors (Lipinski definition) is 1. The highest BCUT2D eigenvalue weighted by atomic mass is 19.1. The minimum atomic E-state index is -0.411. The molecule has 3 rings (SSSR count). The van der Waals surface area contributed by atoms with Gasteiger partial charge in [-0.2, -0.15) is 0 Å². The maximum Gasteiger partial charge on any atom is 0.127 e. The van der Waals surface area contributed by atoms with Gasteiger partial charge < -0.3 is 9.84 Å². The van der Waals surface area contributed by atoms with Crippen LogP contribution in [-0.2, 0) is 13.1 Å². The fourth-order valence-corrected chi connectivity index (χ4v) is 2.50. The number of aromatic hydroxyl groups is 1. The molecule has 0 fully saturated rings. The molecule has 1 N–H and O–H groups in total. The number of nitrogens with zero attached hydrogens (tertiary/aromatic N) is 1. The lowest BCUT2D eigenvalue weighted by molar-refractivity contribution is 0.219. The number of para-hydroxylation sites is 1. The summed E-state index contributed by atoms with van der Waals surface area (Å²) in [6.07, 6.45) is 0. The van der Waals surface area contributed by atoms with Gasteiger partial charge in [-0.05, 0) is 23.8 Å². The van der Waals surface area contributed by atoms with Crippen LogP contribution in [0, 0.1) is 5.82 Å². The molecular weight excluding hydrogens is 257 g/mol. The number of phenols is 1. The highest BCUT2D eigenvalue weighted by molar-refractivity contribution is 5.34. The molecule has 0 saturated heterocycles. The third kappa shape index (κ3) is 2.91. The number of hydrogen-bond acceptors (Lipinski definition) is 3. The minimum absolute atomic E-state index is 0.0357. The van der Waals surface area contributed by atoms with Crippen molar-refractivity contribution in [1.29, 1.82) is 0 Å². The number of ether oxygens (including phenoxy) is 1. The summed E-state index contributed by atoms with van der Waals surface area (Å²) in [4.78, 5) is 2.18. The first kappa shape index (κ1) is 12.9. The molecule has 1 heterocycles. The molecule has 3 nitrogen and oxygen atoms in total. The predicted octanol–water partition coefficient (Wildman–Crippen LogP) is 2.93. The van der Waals surface area contributed by atoms with E-state index in [9.17, 15) is 9.50 Å². The highest BCUT2D eigenvalue weighted by Crippen LogP contribution is 2.24. The molecule has 1 aliphatic heterocycles. The molecule has 4 heteroatoms. The van der Waals surface area contributed by atoms with E-state index >= 15 is 0 Å². The Balaban J connectivity index is 1.78. The van der Waals surface area contributed by atoms with E-state index in [1.165, 1.54) is 6.07 Å². The van der Waals surface area contributed by atoms with E-state index < -0.39 is 5.82 Å². The quantitative estimate of drug-likeness (QED) is 0.913. The molecule has 0 atom stereocenters. The summed E-state index contributed by atoms with van der Waals surface area (Å²) in [6.45, 7) is 2.72. The first-order valence-electron chi connectivity index (χ1n) is 6.62. The van der Waals surface area contributed by atoms with Crippen LogP contribution in [0.2, 0.25) is 0 Å². The number of phenolic OH excluding ortho intramolecular Hbond substituents is 1. The van der Waals surface area contributed by atoms with Gasteiger partial charge in [-0.3, -0.25) is 4.90 Å². The summed E-state index contributed by atoms with van der Waals surface area (Å²) < 4.78 is 19.0. The van der Waals surface area contributed by atoms with E-state index in [-0.39, 0.29) is 5.75 Å². The van der Waals surface area contributed by atoms with Crippen LogP contribution in [0.25, 0.3) is 0 Å². The van der Waals surface area contributed by atoms with Gasteiger partial charge in [0.05, 0.1) is 0 Å². The van der Waals surface area contributed by atoms with Gasteiger partial charge in [0.2, 0.25) is 0 Å². The maximum atomic E-state index is 13.3. The number of fused-ring (bicyclic) bond motifs is 1. The van der Waals surface area contributed by atoms with Crippen molar-refractivity contribution in [3.05, 3.63) is 59.4 Å². The monoisotopic (exact) mass is 273 g/mol. The Hall–Kier alpha value is -2.07. The molecule has 0 unspecified atom stereocenters. The van der Waals surface area contributed by atoms with Crippen LogP contribution >= 0.6 is 0 Å². The van der Waals surface area contributed by atoms with Gasteiger partial charge in [0.15, 0.2) is 0 Å². The van der Waals surface area contributed by atoms with E-state index in [1.54, 1.807) is 6.07 Å². The van der Waals surface area contributed by atoms with Crippen LogP contribution in [0.15, 0.2) is 42.5 Å². The molecule has 0 aromatic heterocycles. The van der Waals surface area contributed by atoms with Gasteiger partial charge in [0.25, 0.3) is 0 Å². The van der Waals surface area contributed by atoms with Crippen molar-refractivity contribution in [2.24, 2.45) is 0 Å². The van der Waals surface area contributed by atoms with Crippen molar-refractivity contribution in [3.63, 3.8) is 0 Å². The molecule has 104 valence electrons. The summed E-state index contributed by atoms with van der Waals surface area (Å²) in [5.41, 5.74) is 1.90. The second-order valence-corrected chi connectivity index (χ2v) is 4.98. The lowest BCUT2D eigenvalue weighted by Crippen LogP contribution is -2.25. The van der Waals surface area contributed by atoms with E-state index in [4.69, 9.17) is 4.74 Å². The zero-order valence-electron chi connectivity index (χ0n) is 11.1. The molecule has 0 spiro atoms. The standard InChI is InChI=1S/C16H16FNO2/c17-14-7-12(8-15(19)9-14)10-18-5-6-20-16-4-2-1-3-13(16)11-18/h1-4,7-9,19H,5-6,10-11H2. The maximum absolute atomic E-state index is 13.3. The van der Waals surface area contributed by atoms with Crippen LogP contribution in [-0.4, -0.2) is 23.2 Å². The van der Waals surface area contributed by atoms with Crippen LogP contribution in [0.5, 0.6) is 11.5 Å². The molecular formula is C16H16FNO2. The molecule has 0 aliphatic carbocycles. The largest absolute Gasteiger partial charge is 0.508 e. The Bertz CT molecular complexity index is 595. The average molecular weight is 273 g/mol. The normalized spacial score (nSPS) is 15.2. The molecule has 2 aromatic rings. The number of rotatable bonds is 2. The van der Waals surface area contributed by atoms with Crippen LogP contribution < -0.4 is 4.74 Å². The second-order valence-electron chi connectivity index (χ2n) is 4.98. The molecule has 20 heavy (non-hydrogen) atoms. The molecule has 0 amide bonds. The summed E-state index contributed by atoms with van der Waals surface area (Å²) in [7, 11) is 0. The van der Waals surface area contributed by atoms with Gasteiger partial charge in [-0.1, -0.05) is 18.2 Å². The lowest BCUT2D eigenvalue weighted by atomic mass is 10.1. The topological polar surface area (TPSA) is 32.7 Å². The average Bonchev–Trinajstić information content (AvgIpc) is 2.59. The van der Waals surface area contributed by atoms with Crippen LogP contribution in [0.3, 0.4) is 0 Å². The molecule has 0 saturated carbocycles. The van der Waals surface area contributed by atoms with Gasteiger partial charge in [0.1, 0.15) is 23.9 Å². The third-order valence-corrected chi connectivity index (χ3v) is 3.38. The van der Waals surface area contributed by atoms with Gasteiger partial charge in [0, 0.05) is 31.3 Å². The Morgan fingerprint density at radius 3 is 2.90 bits per heavy atom. The van der Waals surface area contributed by atoms with Crippen molar-refractivity contribution in [3.8, 4) is 11.5 Å². The zero-order chi connectivity index (χ0) is 13.9. The van der Waals surface area contributed by atoms with Crippen molar-refractivity contribution in [1.82, 2.24) is 4.90 Å². The Labute approximate surface area is 117 Å². The van der Waals surface area contributed by atoms with E-state index in [1.807, 2.05) is 24.3 Å². The third-order valence-electron chi connectivity index (χ3n) is 3.38. The minimum Gasteiger partial charge on any atom is -0.508 e. The SMILES string of the molecule is Oc1cc(F)cc(CN2CCOc3ccccc3C2)c1. The first-order chi connectivity index (χ1) is 9.70. The van der Waals surface area contributed by atoms with Crippen molar-refractivity contribution >= 4 is 0 Å². The summed E-state index contributed by atoms with van der Waals surface area (Å²) in [6, 6.07) is 12.1. The Morgan fingerprint density at radius 2 is 2.05 bits per heavy atom. The lowest BCUT2D eigenvalue weighted by Gasteiger charge is -2.19. The Kier molecular flexibility index (Phi) is 3.56. The summed E-state index contributed by atoms with van der Waals surface area (Å²) in [5.74, 6) is 0.468. The fourth-order valence-electron chi connectivity index (χ4n) is 2.50. The Morgan fingerprint density at radius 1 is 1.20 bits per heavy atom. The van der Waals surface area contributed by atoms with E-state index in [0.717, 1.165) is 36.0 Å². The van der Waals surface area contributed by atoms with Crippen LogP contribution in [0.4, 0.5) is 4.39 Å². The molecule has 0 bridgehead atoms. The van der Waals surface area contributed by atoms with Crippen molar-refractivity contribution in [2.75, 3.05) is 13.2 Å². The smallest absolute Gasteiger partial charge is 0.127 e. The van der Waals surface area contributed by atoms with Crippen molar-refractivity contribution < 1.29 is 14.2 Å². The molecule has 2 aromatic carbocycles. The predicted molar refractivity (Wildman–Crippen MR) is 74.1 cm³/mol. The second kappa shape index (κ2) is 5.51. The van der Waals surface area contributed by atoms with Gasteiger partial charge in [-0.25, -0.2) is 4.39 Å². The van der Waals surface area contributed by atoms with Crippen molar-refractivity contribution in [2.45, 2.75) is 13.1 Å². The number of benzene rings is 2.